The van der Waals surface area contributed by atoms with E-state index in [4.69, 9.17) is 9.47 Å². The summed E-state index contributed by atoms with van der Waals surface area (Å²) in [6, 6.07) is 6.99. The molecule has 0 unspecified atom stereocenters. The molecule has 1 N–H and O–H groups in total. The van der Waals surface area contributed by atoms with Crippen LogP contribution in [0.25, 0.3) is 0 Å². The van der Waals surface area contributed by atoms with Crippen LogP contribution in [0.3, 0.4) is 0 Å². The molecule has 1 amide bonds. The van der Waals surface area contributed by atoms with Crippen LogP contribution in [-0.4, -0.2) is 27.3 Å². The standard InChI is InChI=1S/C16H19N3O4/c1-16(2,3)23-14(20)18-13-6-4-5-12(9-13)10-22-15(21)19-8-7-17-11-19/h4-9,11H,10H2,1-3H3,(H,18,20). The molecule has 7 nitrogen and oxygen atoms in total. The summed E-state index contributed by atoms with van der Waals surface area (Å²) in [5.74, 6) is 0. The fraction of sp³-hybridized carbons (Fsp3) is 0.312. The molecule has 0 aliphatic rings. The van der Waals surface area contributed by atoms with Gasteiger partial charge >= 0.3 is 12.2 Å². The van der Waals surface area contributed by atoms with E-state index in [2.05, 4.69) is 10.3 Å². The molecular formula is C16H19N3O4. The minimum Gasteiger partial charge on any atom is -0.444 e. The lowest BCUT2D eigenvalue weighted by molar-refractivity contribution is 0.0635. The van der Waals surface area contributed by atoms with E-state index >= 15 is 0 Å². The molecule has 0 fully saturated rings. The monoisotopic (exact) mass is 317 g/mol. The summed E-state index contributed by atoms with van der Waals surface area (Å²) in [4.78, 5) is 27.2. The fourth-order valence-electron chi connectivity index (χ4n) is 1.75. The van der Waals surface area contributed by atoms with E-state index in [0.717, 1.165) is 5.56 Å². The van der Waals surface area contributed by atoms with Crippen molar-refractivity contribution in [3.63, 3.8) is 0 Å². The number of rotatable bonds is 3. The fourth-order valence-corrected chi connectivity index (χ4v) is 1.75. The molecule has 1 aromatic carbocycles. The largest absolute Gasteiger partial charge is 0.444 e. The maximum Gasteiger partial charge on any atom is 0.419 e. The predicted molar refractivity (Wildman–Crippen MR) is 84.1 cm³/mol. The molecule has 2 aromatic rings. The number of imidazole rings is 1. The normalized spacial score (nSPS) is 10.9. The van der Waals surface area contributed by atoms with Gasteiger partial charge in [0.05, 0.1) is 0 Å². The molecule has 23 heavy (non-hydrogen) atoms. The van der Waals surface area contributed by atoms with Crippen molar-refractivity contribution in [2.45, 2.75) is 33.0 Å². The Morgan fingerprint density at radius 2 is 2.09 bits per heavy atom. The number of carbonyl (C=O) groups is 2. The number of aromatic nitrogens is 2. The number of hydrogen-bond acceptors (Lipinski definition) is 5. The summed E-state index contributed by atoms with van der Waals surface area (Å²) in [6.07, 6.45) is 3.30. The van der Waals surface area contributed by atoms with Gasteiger partial charge in [0.2, 0.25) is 0 Å². The van der Waals surface area contributed by atoms with E-state index in [0.29, 0.717) is 5.69 Å². The number of ether oxygens (including phenoxy) is 2. The zero-order valence-electron chi connectivity index (χ0n) is 13.3. The second kappa shape index (κ2) is 6.95. The smallest absolute Gasteiger partial charge is 0.419 e. The van der Waals surface area contributed by atoms with Crippen LogP contribution in [0, 0.1) is 0 Å². The number of benzene rings is 1. The molecule has 0 aliphatic carbocycles. The van der Waals surface area contributed by atoms with E-state index in [-0.39, 0.29) is 6.61 Å². The Hall–Kier alpha value is -2.83. The van der Waals surface area contributed by atoms with E-state index in [1.807, 2.05) is 0 Å². The van der Waals surface area contributed by atoms with Crippen molar-refractivity contribution >= 4 is 17.9 Å². The third kappa shape index (κ3) is 5.46. The van der Waals surface area contributed by atoms with Gasteiger partial charge < -0.3 is 9.47 Å². The van der Waals surface area contributed by atoms with Crippen molar-refractivity contribution in [1.29, 1.82) is 0 Å². The zero-order valence-corrected chi connectivity index (χ0v) is 13.3. The molecule has 0 spiro atoms. The summed E-state index contributed by atoms with van der Waals surface area (Å²) >= 11 is 0. The molecule has 1 heterocycles. The molecule has 0 bridgehead atoms. The number of amides is 1. The van der Waals surface area contributed by atoms with Crippen molar-refractivity contribution in [2.24, 2.45) is 0 Å². The van der Waals surface area contributed by atoms with Gasteiger partial charge in [-0.3, -0.25) is 5.32 Å². The highest BCUT2D eigenvalue weighted by molar-refractivity contribution is 5.84. The van der Waals surface area contributed by atoms with Crippen LogP contribution in [-0.2, 0) is 16.1 Å². The van der Waals surface area contributed by atoms with E-state index < -0.39 is 17.8 Å². The molecule has 0 aliphatic heterocycles. The average Bonchev–Trinajstić information content (AvgIpc) is 2.97. The van der Waals surface area contributed by atoms with Crippen molar-refractivity contribution < 1.29 is 19.1 Å². The van der Waals surface area contributed by atoms with Crippen LogP contribution < -0.4 is 5.32 Å². The first kappa shape index (κ1) is 16.5. The molecule has 7 heteroatoms. The third-order valence-corrected chi connectivity index (χ3v) is 2.65. The number of carbonyl (C=O) groups excluding carboxylic acids is 2. The molecule has 0 saturated heterocycles. The zero-order chi connectivity index (χ0) is 16.9. The summed E-state index contributed by atoms with van der Waals surface area (Å²) in [6.45, 7) is 5.45. The lowest BCUT2D eigenvalue weighted by atomic mass is 10.2. The maximum atomic E-state index is 11.7. The number of hydrogen-bond donors (Lipinski definition) is 1. The summed E-state index contributed by atoms with van der Waals surface area (Å²) in [5, 5.41) is 2.64. The van der Waals surface area contributed by atoms with Gasteiger partial charge in [-0.1, -0.05) is 12.1 Å². The Kier molecular flexibility index (Phi) is 5.00. The average molecular weight is 317 g/mol. The number of nitrogens with zero attached hydrogens (tertiary/aromatic N) is 2. The number of anilines is 1. The van der Waals surface area contributed by atoms with Gasteiger partial charge in [0.15, 0.2) is 0 Å². The lowest BCUT2D eigenvalue weighted by Gasteiger charge is -2.19. The Balaban J connectivity index is 1.92. The second-order valence-corrected chi connectivity index (χ2v) is 5.85. The van der Waals surface area contributed by atoms with E-state index in [1.165, 1.54) is 23.3 Å². The molecule has 1 aromatic heterocycles. The number of nitrogens with one attached hydrogen (secondary N) is 1. The van der Waals surface area contributed by atoms with E-state index in [1.54, 1.807) is 45.0 Å². The van der Waals surface area contributed by atoms with E-state index in [9.17, 15) is 9.59 Å². The van der Waals surface area contributed by atoms with Crippen LogP contribution in [0.15, 0.2) is 43.0 Å². The van der Waals surface area contributed by atoms with Crippen LogP contribution in [0.4, 0.5) is 15.3 Å². The molecule has 2 rings (SSSR count). The highest BCUT2D eigenvalue weighted by Gasteiger charge is 2.16. The highest BCUT2D eigenvalue weighted by Crippen LogP contribution is 2.14. The van der Waals surface area contributed by atoms with Gasteiger partial charge in [-0.25, -0.2) is 19.1 Å². The van der Waals surface area contributed by atoms with Crippen molar-refractivity contribution in [2.75, 3.05) is 5.32 Å². The third-order valence-electron chi connectivity index (χ3n) is 2.65. The van der Waals surface area contributed by atoms with Gasteiger partial charge in [-0.15, -0.1) is 0 Å². The van der Waals surface area contributed by atoms with Crippen LogP contribution in [0.5, 0.6) is 0 Å². The SMILES string of the molecule is CC(C)(C)OC(=O)Nc1cccc(COC(=O)n2ccnc2)c1. The maximum absolute atomic E-state index is 11.7. The molecular weight excluding hydrogens is 298 g/mol. The van der Waals surface area contributed by atoms with Gasteiger partial charge in [0, 0.05) is 18.1 Å². The quantitative estimate of drug-likeness (QED) is 0.938. The highest BCUT2D eigenvalue weighted by atomic mass is 16.6. The Morgan fingerprint density at radius 1 is 1.30 bits per heavy atom. The summed E-state index contributed by atoms with van der Waals surface area (Å²) < 4.78 is 11.6. The van der Waals surface area contributed by atoms with Gasteiger partial charge in [0.1, 0.15) is 18.5 Å². The van der Waals surface area contributed by atoms with Crippen molar-refractivity contribution in [1.82, 2.24) is 9.55 Å². The molecule has 122 valence electrons. The van der Waals surface area contributed by atoms with Gasteiger partial charge in [-0.2, -0.15) is 0 Å². The molecule has 0 saturated carbocycles. The summed E-state index contributed by atoms with van der Waals surface area (Å²) in [7, 11) is 0. The van der Waals surface area contributed by atoms with Gasteiger partial charge in [0.25, 0.3) is 0 Å². The topological polar surface area (TPSA) is 82.5 Å². The van der Waals surface area contributed by atoms with Gasteiger partial charge in [-0.05, 0) is 38.5 Å². The molecule has 0 atom stereocenters. The summed E-state index contributed by atoms with van der Waals surface area (Å²) in [5.41, 5.74) is 0.740. The predicted octanol–water partition coefficient (Wildman–Crippen LogP) is 3.42. The van der Waals surface area contributed by atoms with Crippen molar-refractivity contribution in [3.05, 3.63) is 48.5 Å². The van der Waals surface area contributed by atoms with Crippen LogP contribution in [0.2, 0.25) is 0 Å². The molecule has 0 radical (unpaired) electrons. The Bertz CT molecular complexity index is 675. The first-order valence-electron chi connectivity index (χ1n) is 7.07. The minimum absolute atomic E-state index is 0.0842. The van der Waals surface area contributed by atoms with Crippen molar-refractivity contribution in [3.8, 4) is 0 Å². The van der Waals surface area contributed by atoms with Crippen LogP contribution >= 0.6 is 0 Å². The lowest BCUT2D eigenvalue weighted by Crippen LogP contribution is -2.27. The Morgan fingerprint density at radius 3 is 2.74 bits per heavy atom. The van der Waals surface area contributed by atoms with Crippen LogP contribution in [0.1, 0.15) is 26.3 Å². The second-order valence-electron chi connectivity index (χ2n) is 5.85. The first-order valence-corrected chi connectivity index (χ1v) is 7.07. The first-order chi connectivity index (χ1) is 10.8. The Labute approximate surface area is 134 Å². The minimum atomic E-state index is -0.567.